The van der Waals surface area contributed by atoms with Gasteiger partial charge in [-0.05, 0) is 37.3 Å². The maximum Gasteiger partial charge on any atom is 0.225 e. The highest BCUT2D eigenvalue weighted by Crippen LogP contribution is 2.26. The van der Waals surface area contributed by atoms with Crippen molar-refractivity contribution < 1.29 is 4.79 Å². The number of nitrogens with zero attached hydrogens (tertiary/aromatic N) is 1. The molecule has 0 radical (unpaired) electrons. The summed E-state index contributed by atoms with van der Waals surface area (Å²) in [5.41, 5.74) is 7.29. The lowest BCUT2D eigenvalue weighted by atomic mass is 9.87. The minimum atomic E-state index is 0.0681. The van der Waals surface area contributed by atoms with E-state index in [9.17, 15) is 4.79 Å². The number of rotatable bonds is 3. The Hall–Kier alpha value is -1.58. The third-order valence-corrected chi connectivity index (χ3v) is 3.62. The second-order valence-corrected chi connectivity index (χ2v) is 5.18. The van der Waals surface area contributed by atoms with Gasteiger partial charge in [-0.1, -0.05) is 19.3 Å². The first-order chi connectivity index (χ1) is 8.65. The minimum absolute atomic E-state index is 0.0681. The van der Waals surface area contributed by atoms with Crippen LogP contribution >= 0.6 is 0 Å². The highest BCUT2D eigenvalue weighted by atomic mass is 16.1. The largest absolute Gasteiger partial charge is 0.397 e. The number of hydrogen-bond acceptors (Lipinski definition) is 3. The molecule has 1 aromatic heterocycles. The van der Waals surface area contributed by atoms with Crippen molar-refractivity contribution in [1.82, 2.24) is 4.98 Å². The average molecular weight is 247 g/mol. The van der Waals surface area contributed by atoms with Crippen molar-refractivity contribution in [3.8, 4) is 0 Å². The van der Waals surface area contributed by atoms with Crippen LogP contribution in [-0.2, 0) is 4.79 Å². The Morgan fingerprint density at radius 1 is 1.44 bits per heavy atom. The van der Waals surface area contributed by atoms with Crippen LogP contribution < -0.4 is 11.1 Å². The molecule has 98 valence electrons. The molecule has 1 heterocycles. The molecule has 4 heteroatoms. The standard InChI is InChI=1S/C14H21N3O/c1-10-7-13(16-9-12(10)15)17-14(18)8-11-5-3-2-4-6-11/h7,9,11H,2-6,8,15H2,1H3,(H,16,17,18). The zero-order valence-corrected chi connectivity index (χ0v) is 10.9. The normalized spacial score (nSPS) is 16.5. The number of anilines is 2. The Balaban J connectivity index is 1.88. The smallest absolute Gasteiger partial charge is 0.225 e. The van der Waals surface area contributed by atoms with Crippen LogP contribution in [0, 0.1) is 12.8 Å². The molecule has 1 aliphatic rings. The number of pyridine rings is 1. The summed E-state index contributed by atoms with van der Waals surface area (Å²) >= 11 is 0. The van der Waals surface area contributed by atoms with Crippen LogP contribution in [0.1, 0.15) is 44.1 Å². The van der Waals surface area contributed by atoms with Crippen molar-refractivity contribution in [3.05, 3.63) is 17.8 Å². The van der Waals surface area contributed by atoms with Gasteiger partial charge >= 0.3 is 0 Å². The molecule has 0 atom stereocenters. The molecule has 0 bridgehead atoms. The first-order valence-corrected chi connectivity index (χ1v) is 6.67. The zero-order valence-electron chi connectivity index (χ0n) is 10.9. The molecule has 0 aromatic carbocycles. The van der Waals surface area contributed by atoms with Gasteiger partial charge in [0.2, 0.25) is 5.91 Å². The summed E-state index contributed by atoms with van der Waals surface area (Å²) in [7, 11) is 0. The van der Waals surface area contributed by atoms with Gasteiger partial charge in [-0.15, -0.1) is 0 Å². The van der Waals surface area contributed by atoms with Crippen LogP contribution in [0.5, 0.6) is 0 Å². The van der Waals surface area contributed by atoms with Gasteiger partial charge < -0.3 is 11.1 Å². The molecule has 0 unspecified atom stereocenters. The fraction of sp³-hybridized carbons (Fsp3) is 0.571. The second-order valence-electron chi connectivity index (χ2n) is 5.18. The van der Waals surface area contributed by atoms with Crippen LogP contribution in [0.3, 0.4) is 0 Å². The number of nitrogens with two attached hydrogens (primary N) is 1. The van der Waals surface area contributed by atoms with Crippen molar-refractivity contribution in [1.29, 1.82) is 0 Å². The first-order valence-electron chi connectivity index (χ1n) is 6.67. The average Bonchev–Trinajstić information content (AvgIpc) is 2.35. The molecule has 1 saturated carbocycles. The van der Waals surface area contributed by atoms with E-state index >= 15 is 0 Å². The van der Waals surface area contributed by atoms with Crippen molar-refractivity contribution in [2.24, 2.45) is 5.92 Å². The highest BCUT2D eigenvalue weighted by Gasteiger charge is 2.17. The lowest BCUT2D eigenvalue weighted by molar-refractivity contribution is -0.117. The highest BCUT2D eigenvalue weighted by molar-refractivity contribution is 5.90. The van der Waals surface area contributed by atoms with Crippen molar-refractivity contribution in [2.45, 2.75) is 45.4 Å². The van der Waals surface area contributed by atoms with Gasteiger partial charge in [0, 0.05) is 6.42 Å². The molecule has 2 rings (SSSR count). The van der Waals surface area contributed by atoms with Gasteiger partial charge in [-0.3, -0.25) is 4.79 Å². The Morgan fingerprint density at radius 2 is 2.17 bits per heavy atom. The summed E-state index contributed by atoms with van der Waals surface area (Å²) in [6.45, 7) is 1.91. The Morgan fingerprint density at radius 3 is 2.83 bits per heavy atom. The summed E-state index contributed by atoms with van der Waals surface area (Å²) in [4.78, 5) is 16.0. The van der Waals surface area contributed by atoms with Gasteiger partial charge in [0.1, 0.15) is 5.82 Å². The topological polar surface area (TPSA) is 68.0 Å². The monoisotopic (exact) mass is 247 g/mol. The van der Waals surface area contributed by atoms with E-state index in [1.54, 1.807) is 6.20 Å². The molecule has 4 nitrogen and oxygen atoms in total. The summed E-state index contributed by atoms with van der Waals surface area (Å²) < 4.78 is 0. The van der Waals surface area contributed by atoms with Gasteiger partial charge in [-0.2, -0.15) is 0 Å². The molecule has 0 spiro atoms. The van der Waals surface area contributed by atoms with Gasteiger partial charge in [0.15, 0.2) is 0 Å². The van der Waals surface area contributed by atoms with Gasteiger partial charge in [-0.25, -0.2) is 4.98 Å². The summed E-state index contributed by atoms with van der Waals surface area (Å²) in [5.74, 6) is 1.22. The molecule has 1 aliphatic carbocycles. The molecule has 3 N–H and O–H groups in total. The van der Waals surface area contributed by atoms with Gasteiger partial charge in [0.05, 0.1) is 11.9 Å². The van der Waals surface area contributed by atoms with Crippen LogP contribution in [0.4, 0.5) is 11.5 Å². The predicted octanol–water partition coefficient (Wildman–Crippen LogP) is 2.88. The number of carbonyl (C=O) groups excluding carboxylic acids is 1. The molecule has 1 fully saturated rings. The molecular weight excluding hydrogens is 226 g/mol. The van der Waals surface area contributed by atoms with E-state index in [0.29, 0.717) is 23.8 Å². The summed E-state index contributed by atoms with van der Waals surface area (Å²) in [6, 6.07) is 1.81. The van der Waals surface area contributed by atoms with E-state index in [1.807, 2.05) is 13.0 Å². The predicted molar refractivity (Wildman–Crippen MR) is 73.2 cm³/mol. The Bertz CT molecular complexity index is 425. The lowest BCUT2D eigenvalue weighted by Crippen LogP contribution is -2.19. The van der Waals surface area contributed by atoms with Gasteiger partial charge in [0.25, 0.3) is 0 Å². The number of aryl methyl sites for hydroxylation is 1. The van der Waals surface area contributed by atoms with Crippen LogP contribution in [0.25, 0.3) is 0 Å². The fourth-order valence-electron chi connectivity index (χ4n) is 2.48. The fourth-order valence-corrected chi connectivity index (χ4v) is 2.48. The van der Waals surface area contributed by atoms with Crippen molar-refractivity contribution in [2.75, 3.05) is 11.1 Å². The lowest BCUT2D eigenvalue weighted by Gasteiger charge is -2.20. The van der Waals surface area contributed by atoms with Crippen LogP contribution in [0.15, 0.2) is 12.3 Å². The number of hydrogen-bond donors (Lipinski definition) is 2. The van der Waals surface area contributed by atoms with E-state index in [0.717, 1.165) is 5.56 Å². The van der Waals surface area contributed by atoms with E-state index in [-0.39, 0.29) is 5.91 Å². The molecule has 18 heavy (non-hydrogen) atoms. The molecule has 1 amide bonds. The number of aromatic nitrogens is 1. The SMILES string of the molecule is Cc1cc(NC(=O)CC2CCCCC2)ncc1N. The van der Waals surface area contributed by atoms with E-state index in [4.69, 9.17) is 5.73 Å². The number of nitrogen functional groups attached to an aromatic ring is 1. The van der Waals surface area contributed by atoms with Crippen molar-refractivity contribution in [3.63, 3.8) is 0 Å². The zero-order chi connectivity index (χ0) is 13.0. The molecule has 0 aliphatic heterocycles. The van der Waals surface area contributed by atoms with Crippen molar-refractivity contribution >= 4 is 17.4 Å². The number of carbonyl (C=O) groups is 1. The van der Waals surface area contributed by atoms with Crippen LogP contribution in [0.2, 0.25) is 0 Å². The molecular formula is C14H21N3O. The van der Waals surface area contributed by atoms with E-state index in [1.165, 1.54) is 32.1 Å². The summed E-state index contributed by atoms with van der Waals surface area (Å²) in [6.07, 6.45) is 8.41. The van der Waals surface area contributed by atoms with E-state index < -0.39 is 0 Å². The summed E-state index contributed by atoms with van der Waals surface area (Å²) in [5, 5.41) is 2.85. The minimum Gasteiger partial charge on any atom is -0.397 e. The molecule has 0 saturated heterocycles. The number of nitrogens with one attached hydrogen (secondary N) is 1. The third-order valence-electron chi connectivity index (χ3n) is 3.62. The maximum absolute atomic E-state index is 11.9. The quantitative estimate of drug-likeness (QED) is 0.863. The second kappa shape index (κ2) is 5.85. The molecule has 1 aromatic rings. The number of amides is 1. The maximum atomic E-state index is 11.9. The van der Waals surface area contributed by atoms with Crippen LogP contribution in [-0.4, -0.2) is 10.9 Å². The third kappa shape index (κ3) is 3.45. The Labute approximate surface area is 108 Å². The Kier molecular flexibility index (Phi) is 4.18. The van der Waals surface area contributed by atoms with E-state index in [2.05, 4.69) is 10.3 Å². The first kappa shape index (κ1) is 12.9.